The molecule has 4 rings (SSSR count). The minimum Gasteiger partial charge on any atom is -0.451 e. The fourth-order valence-electron chi connectivity index (χ4n) is 4.09. The summed E-state index contributed by atoms with van der Waals surface area (Å²) in [7, 11) is 0. The number of hydrogen-bond donors (Lipinski definition) is 2. The van der Waals surface area contributed by atoms with Crippen LogP contribution in [0.3, 0.4) is 0 Å². The molecule has 0 bridgehead atoms. The molecule has 3 aromatic rings. The topological polar surface area (TPSA) is 68.3 Å². The number of rotatable bonds is 4. The number of furan rings is 1. The quantitative estimate of drug-likeness (QED) is 0.620. The average molecular weight is 419 g/mol. The Hall–Kier alpha value is -2.01. The Morgan fingerprint density at radius 1 is 1.14 bits per heavy atom. The van der Waals surface area contributed by atoms with Crippen LogP contribution in [-0.4, -0.2) is 18.5 Å². The lowest BCUT2D eigenvalue weighted by molar-refractivity contribution is 0.0892. The Morgan fingerprint density at radius 2 is 1.89 bits per heavy atom. The Kier molecular flexibility index (Phi) is 6.33. The molecule has 0 atom stereocenters. The molecule has 1 amide bonds. The van der Waals surface area contributed by atoms with Crippen LogP contribution in [0.1, 0.15) is 41.8 Å². The molecule has 4 nitrogen and oxygen atoms in total. The summed E-state index contributed by atoms with van der Waals surface area (Å²) in [6.07, 6.45) is 3.62. The van der Waals surface area contributed by atoms with E-state index in [-0.39, 0.29) is 29.8 Å². The molecule has 0 radical (unpaired) electrons. The van der Waals surface area contributed by atoms with Crippen LogP contribution in [0, 0.1) is 0 Å². The van der Waals surface area contributed by atoms with Gasteiger partial charge in [0, 0.05) is 28.4 Å². The standard InChI is InChI=1S/C22H23ClN2O2.ClH/c23-17-6-3-5-16(13-17)22(14-24)10-8-18(9-11-22)25-21(26)20-12-15-4-1-2-7-19(15)27-20;/h1-7,12-13,18H,8-11,14,24H2,(H,25,26);1H/t18-,22+;. The van der Waals surface area contributed by atoms with Gasteiger partial charge in [-0.1, -0.05) is 41.9 Å². The highest BCUT2D eigenvalue weighted by Crippen LogP contribution is 2.39. The second-order valence-electron chi connectivity index (χ2n) is 7.39. The average Bonchev–Trinajstić information content (AvgIpc) is 3.13. The Bertz CT molecular complexity index is 929. The van der Waals surface area contributed by atoms with Gasteiger partial charge in [0.1, 0.15) is 5.58 Å². The third-order valence-electron chi connectivity index (χ3n) is 5.75. The molecular weight excluding hydrogens is 395 g/mol. The van der Waals surface area contributed by atoms with Gasteiger partial charge in [0.15, 0.2) is 5.76 Å². The second-order valence-corrected chi connectivity index (χ2v) is 7.83. The summed E-state index contributed by atoms with van der Waals surface area (Å²) in [5.41, 5.74) is 8.02. The van der Waals surface area contributed by atoms with Gasteiger partial charge in [-0.3, -0.25) is 4.79 Å². The molecule has 0 unspecified atom stereocenters. The van der Waals surface area contributed by atoms with Crippen LogP contribution < -0.4 is 11.1 Å². The molecule has 0 saturated heterocycles. The number of carbonyl (C=O) groups excluding carboxylic acids is 1. The third kappa shape index (κ3) is 4.04. The van der Waals surface area contributed by atoms with Gasteiger partial charge in [-0.25, -0.2) is 0 Å². The first kappa shape index (κ1) is 20.7. The molecule has 2 aromatic carbocycles. The van der Waals surface area contributed by atoms with Crippen molar-refractivity contribution in [2.45, 2.75) is 37.1 Å². The van der Waals surface area contributed by atoms with E-state index in [1.165, 1.54) is 5.56 Å². The lowest BCUT2D eigenvalue weighted by Crippen LogP contribution is -2.45. The number of fused-ring (bicyclic) bond motifs is 1. The van der Waals surface area contributed by atoms with Gasteiger partial charge >= 0.3 is 0 Å². The van der Waals surface area contributed by atoms with Crippen LogP contribution >= 0.6 is 24.0 Å². The van der Waals surface area contributed by atoms with Gasteiger partial charge in [0.05, 0.1) is 0 Å². The smallest absolute Gasteiger partial charge is 0.287 e. The maximum atomic E-state index is 12.6. The van der Waals surface area contributed by atoms with Crippen molar-refractivity contribution in [2.75, 3.05) is 6.54 Å². The first-order valence-electron chi connectivity index (χ1n) is 9.35. The predicted octanol–water partition coefficient (Wildman–Crippen LogP) is 5.08. The third-order valence-corrected chi connectivity index (χ3v) is 5.99. The van der Waals surface area contributed by atoms with Crippen molar-refractivity contribution in [2.24, 2.45) is 5.73 Å². The summed E-state index contributed by atoms with van der Waals surface area (Å²) >= 11 is 6.17. The number of carbonyl (C=O) groups is 1. The number of amides is 1. The highest BCUT2D eigenvalue weighted by molar-refractivity contribution is 6.30. The number of nitrogens with one attached hydrogen (secondary N) is 1. The monoisotopic (exact) mass is 418 g/mol. The number of nitrogens with two attached hydrogens (primary N) is 1. The molecule has 1 saturated carbocycles. The van der Waals surface area contributed by atoms with Crippen molar-refractivity contribution in [3.8, 4) is 0 Å². The molecule has 6 heteroatoms. The van der Waals surface area contributed by atoms with E-state index >= 15 is 0 Å². The lowest BCUT2D eigenvalue weighted by Gasteiger charge is -2.40. The number of para-hydroxylation sites is 1. The van der Waals surface area contributed by atoms with E-state index < -0.39 is 0 Å². The maximum Gasteiger partial charge on any atom is 0.287 e. The van der Waals surface area contributed by atoms with Crippen LogP contribution in [0.15, 0.2) is 59.0 Å². The molecule has 28 heavy (non-hydrogen) atoms. The maximum absolute atomic E-state index is 12.6. The molecule has 1 heterocycles. The molecule has 0 spiro atoms. The van der Waals surface area contributed by atoms with Gasteiger partial charge in [0.2, 0.25) is 0 Å². The Labute approximate surface area is 175 Å². The first-order chi connectivity index (χ1) is 13.1. The van der Waals surface area contributed by atoms with E-state index in [9.17, 15) is 4.79 Å². The van der Waals surface area contributed by atoms with Crippen molar-refractivity contribution in [3.05, 3.63) is 70.9 Å². The Balaban J connectivity index is 0.00000225. The van der Waals surface area contributed by atoms with Gasteiger partial charge in [-0.05, 0) is 55.5 Å². The van der Waals surface area contributed by atoms with E-state index in [0.29, 0.717) is 12.3 Å². The first-order valence-corrected chi connectivity index (χ1v) is 9.73. The van der Waals surface area contributed by atoms with Gasteiger partial charge in [-0.15, -0.1) is 12.4 Å². The number of halogens is 2. The van der Waals surface area contributed by atoms with Crippen LogP contribution in [0.5, 0.6) is 0 Å². The van der Waals surface area contributed by atoms with Gasteiger partial charge in [-0.2, -0.15) is 0 Å². The van der Waals surface area contributed by atoms with E-state index in [1.54, 1.807) is 6.07 Å². The van der Waals surface area contributed by atoms with E-state index in [2.05, 4.69) is 11.4 Å². The van der Waals surface area contributed by atoms with E-state index in [0.717, 1.165) is 41.7 Å². The van der Waals surface area contributed by atoms with Crippen LogP contribution in [0.4, 0.5) is 0 Å². The Morgan fingerprint density at radius 3 is 2.57 bits per heavy atom. The zero-order valence-electron chi connectivity index (χ0n) is 15.5. The van der Waals surface area contributed by atoms with Crippen molar-refractivity contribution >= 4 is 40.9 Å². The minimum absolute atomic E-state index is 0. The van der Waals surface area contributed by atoms with Crippen LogP contribution in [0.25, 0.3) is 11.0 Å². The lowest BCUT2D eigenvalue weighted by atomic mass is 9.68. The molecule has 1 aliphatic carbocycles. The van der Waals surface area contributed by atoms with E-state index in [1.807, 2.05) is 42.5 Å². The molecule has 1 aromatic heterocycles. The summed E-state index contributed by atoms with van der Waals surface area (Å²) in [5, 5.41) is 4.80. The summed E-state index contributed by atoms with van der Waals surface area (Å²) in [4.78, 5) is 12.6. The summed E-state index contributed by atoms with van der Waals surface area (Å²) in [6, 6.07) is 17.5. The van der Waals surface area contributed by atoms with Gasteiger partial charge < -0.3 is 15.5 Å². The fourth-order valence-corrected chi connectivity index (χ4v) is 4.28. The highest BCUT2D eigenvalue weighted by atomic mass is 35.5. The van der Waals surface area contributed by atoms with Crippen molar-refractivity contribution in [3.63, 3.8) is 0 Å². The molecular formula is C22H24Cl2N2O2. The fraction of sp³-hybridized carbons (Fsp3) is 0.318. The molecule has 1 aliphatic rings. The molecule has 1 fully saturated rings. The number of benzene rings is 2. The summed E-state index contributed by atoms with van der Waals surface area (Å²) in [5.74, 6) is 0.209. The number of hydrogen-bond acceptors (Lipinski definition) is 3. The van der Waals surface area contributed by atoms with Crippen molar-refractivity contribution in [1.82, 2.24) is 5.32 Å². The molecule has 0 aliphatic heterocycles. The SMILES string of the molecule is Cl.NC[C@]1(c2cccc(Cl)c2)CC[C@@H](NC(=O)c2cc3ccccc3o2)CC1. The minimum atomic E-state index is -0.154. The van der Waals surface area contributed by atoms with E-state index in [4.69, 9.17) is 21.8 Å². The molecule has 148 valence electrons. The van der Waals surface area contributed by atoms with Crippen LogP contribution in [0.2, 0.25) is 5.02 Å². The zero-order chi connectivity index (χ0) is 18.9. The summed E-state index contributed by atoms with van der Waals surface area (Å²) < 4.78 is 5.67. The molecule has 3 N–H and O–H groups in total. The van der Waals surface area contributed by atoms with Crippen molar-refractivity contribution < 1.29 is 9.21 Å². The van der Waals surface area contributed by atoms with Gasteiger partial charge in [0.25, 0.3) is 5.91 Å². The van der Waals surface area contributed by atoms with Crippen LogP contribution in [-0.2, 0) is 5.41 Å². The normalized spacial score (nSPS) is 21.9. The summed E-state index contributed by atoms with van der Waals surface area (Å²) in [6.45, 7) is 0.581. The zero-order valence-corrected chi connectivity index (χ0v) is 17.1. The largest absolute Gasteiger partial charge is 0.451 e. The van der Waals surface area contributed by atoms with Crippen molar-refractivity contribution in [1.29, 1.82) is 0 Å². The second kappa shape index (κ2) is 8.56. The predicted molar refractivity (Wildman–Crippen MR) is 115 cm³/mol. The highest BCUT2D eigenvalue weighted by Gasteiger charge is 2.36.